The van der Waals surface area contributed by atoms with Gasteiger partial charge in [0.1, 0.15) is 6.07 Å². The number of hydrogen-bond donors (Lipinski definition) is 0. The molecule has 0 N–H and O–H groups in total. The molecule has 2 rings (SSSR count). The van der Waals surface area contributed by atoms with Crippen molar-refractivity contribution in [3.8, 4) is 17.2 Å². The molecule has 5 nitrogen and oxygen atoms in total. The summed E-state index contributed by atoms with van der Waals surface area (Å²) in [5, 5.41) is 13.0. The van der Waals surface area contributed by atoms with Gasteiger partial charge >= 0.3 is 0 Å². The minimum atomic E-state index is 0.413. The fourth-order valence-corrected chi connectivity index (χ4v) is 2.03. The van der Waals surface area contributed by atoms with Crippen LogP contribution in [-0.4, -0.2) is 4.98 Å². The lowest BCUT2D eigenvalue weighted by Gasteiger charge is -2.12. The molecule has 0 aliphatic rings. The second-order valence-corrected chi connectivity index (χ2v) is 4.05. The van der Waals surface area contributed by atoms with Crippen molar-refractivity contribution in [3.63, 3.8) is 0 Å². The quantitative estimate of drug-likeness (QED) is 0.454. The Morgan fingerprint density at radius 1 is 1.21 bits per heavy atom. The molecule has 0 fully saturated rings. The number of rotatable bonds is 2. The van der Waals surface area contributed by atoms with E-state index in [4.69, 9.17) is 5.53 Å². The largest absolute Gasteiger partial charge is 0.257 e. The Morgan fingerprint density at radius 2 is 1.89 bits per heavy atom. The Hall–Kier alpha value is -2.83. The molecular formula is C14H11N5. The summed E-state index contributed by atoms with van der Waals surface area (Å²) in [6, 6.07) is 11.5. The third-order valence-corrected chi connectivity index (χ3v) is 2.85. The molecule has 0 saturated carbocycles. The van der Waals surface area contributed by atoms with Crippen molar-refractivity contribution in [1.82, 2.24) is 4.98 Å². The van der Waals surface area contributed by atoms with E-state index < -0.39 is 0 Å². The van der Waals surface area contributed by atoms with Gasteiger partial charge in [0, 0.05) is 16.2 Å². The molecule has 0 aliphatic carbocycles. The fraction of sp³-hybridized carbons (Fsp3) is 0.143. The van der Waals surface area contributed by atoms with E-state index in [1.165, 1.54) is 0 Å². The maximum atomic E-state index is 9.32. The predicted octanol–water partition coefficient (Wildman–Crippen LogP) is 4.18. The monoisotopic (exact) mass is 249 g/mol. The first-order valence-electron chi connectivity index (χ1n) is 5.71. The van der Waals surface area contributed by atoms with Gasteiger partial charge in [0.25, 0.3) is 0 Å². The number of aryl methyl sites for hydroxylation is 2. The third-order valence-electron chi connectivity index (χ3n) is 2.85. The standard InChI is InChI=1S/C14H11N5/c1-9-12(8-15)13(11-6-4-3-5-7-11)14(18-19-16)10(2)17-9/h3-7H,1-2H3. The van der Waals surface area contributed by atoms with Crippen LogP contribution in [0, 0.1) is 25.2 Å². The fourth-order valence-electron chi connectivity index (χ4n) is 2.03. The number of aromatic nitrogens is 1. The summed E-state index contributed by atoms with van der Waals surface area (Å²) < 4.78 is 0. The Kier molecular flexibility index (Phi) is 3.46. The number of nitriles is 1. The highest BCUT2D eigenvalue weighted by atomic mass is 15.1. The van der Waals surface area contributed by atoms with Crippen LogP contribution in [0.25, 0.3) is 21.6 Å². The molecular weight excluding hydrogens is 238 g/mol. The smallest absolute Gasteiger partial charge is 0.102 e. The van der Waals surface area contributed by atoms with Gasteiger partial charge in [-0.1, -0.05) is 35.4 Å². The van der Waals surface area contributed by atoms with E-state index in [0.717, 1.165) is 5.56 Å². The van der Waals surface area contributed by atoms with Crippen LogP contribution in [0.5, 0.6) is 0 Å². The summed E-state index contributed by atoms with van der Waals surface area (Å²) in [4.78, 5) is 7.10. The number of nitrogens with zero attached hydrogens (tertiary/aromatic N) is 5. The van der Waals surface area contributed by atoms with Gasteiger partial charge in [0.05, 0.1) is 16.9 Å². The highest BCUT2D eigenvalue weighted by molar-refractivity contribution is 5.83. The molecule has 92 valence electrons. The van der Waals surface area contributed by atoms with Crippen LogP contribution in [0.15, 0.2) is 35.4 Å². The number of pyridine rings is 1. The maximum Gasteiger partial charge on any atom is 0.102 e. The SMILES string of the molecule is Cc1nc(C)c(N=[N+]=[N-])c(-c2ccccc2)c1C#N. The minimum Gasteiger partial charge on any atom is -0.257 e. The molecule has 5 heteroatoms. The predicted molar refractivity (Wildman–Crippen MR) is 72.7 cm³/mol. The Bertz CT molecular complexity index is 707. The van der Waals surface area contributed by atoms with Crippen LogP contribution < -0.4 is 0 Å². The molecule has 0 radical (unpaired) electrons. The highest BCUT2D eigenvalue weighted by Gasteiger charge is 2.16. The third kappa shape index (κ3) is 2.25. The van der Waals surface area contributed by atoms with E-state index in [2.05, 4.69) is 21.1 Å². The molecule has 19 heavy (non-hydrogen) atoms. The van der Waals surface area contributed by atoms with Crippen molar-refractivity contribution in [1.29, 1.82) is 5.26 Å². The second kappa shape index (κ2) is 5.21. The summed E-state index contributed by atoms with van der Waals surface area (Å²) in [7, 11) is 0. The van der Waals surface area contributed by atoms with E-state index in [-0.39, 0.29) is 0 Å². The van der Waals surface area contributed by atoms with Gasteiger partial charge in [-0.25, -0.2) is 0 Å². The van der Waals surface area contributed by atoms with Crippen molar-refractivity contribution in [2.24, 2.45) is 5.11 Å². The molecule has 1 aromatic heterocycles. The van der Waals surface area contributed by atoms with E-state index in [1.54, 1.807) is 13.8 Å². The van der Waals surface area contributed by atoms with Crippen LogP contribution in [0.4, 0.5) is 5.69 Å². The summed E-state index contributed by atoms with van der Waals surface area (Å²) in [6.07, 6.45) is 0. The lowest BCUT2D eigenvalue weighted by molar-refractivity contribution is 1.10. The van der Waals surface area contributed by atoms with Crippen LogP contribution >= 0.6 is 0 Å². The van der Waals surface area contributed by atoms with Crippen molar-refractivity contribution < 1.29 is 0 Å². The van der Waals surface area contributed by atoms with E-state index in [1.807, 2.05) is 30.3 Å². The first-order valence-corrected chi connectivity index (χ1v) is 5.71. The van der Waals surface area contributed by atoms with Crippen LogP contribution in [0.1, 0.15) is 17.0 Å². The van der Waals surface area contributed by atoms with Gasteiger partial charge in [-0.15, -0.1) is 0 Å². The molecule has 1 heterocycles. The second-order valence-electron chi connectivity index (χ2n) is 4.05. The van der Waals surface area contributed by atoms with Crippen LogP contribution in [-0.2, 0) is 0 Å². The lowest BCUT2D eigenvalue weighted by atomic mass is 9.97. The molecule has 0 saturated heterocycles. The van der Waals surface area contributed by atoms with Crippen molar-refractivity contribution >= 4 is 5.69 Å². The first kappa shape index (κ1) is 12.6. The van der Waals surface area contributed by atoms with E-state index in [0.29, 0.717) is 28.2 Å². The molecule has 1 aromatic carbocycles. The summed E-state index contributed by atoms with van der Waals surface area (Å²) in [6.45, 7) is 3.54. The Labute approximate surface area is 110 Å². The molecule has 0 amide bonds. The Balaban J connectivity index is 2.90. The summed E-state index contributed by atoms with van der Waals surface area (Å²) >= 11 is 0. The van der Waals surface area contributed by atoms with Gasteiger partial charge in [0.2, 0.25) is 0 Å². The van der Waals surface area contributed by atoms with Gasteiger partial charge in [-0.2, -0.15) is 5.26 Å². The molecule has 0 atom stereocenters. The molecule has 0 bridgehead atoms. The summed E-state index contributed by atoms with van der Waals surface area (Å²) in [5.74, 6) is 0. The van der Waals surface area contributed by atoms with E-state index >= 15 is 0 Å². The van der Waals surface area contributed by atoms with Crippen molar-refractivity contribution in [3.05, 3.63) is 57.7 Å². The topological polar surface area (TPSA) is 85.4 Å². The number of benzene rings is 1. The number of hydrogen-bond acceptors (Lipinski definition) is 3. The number of azide groups is 1. The molecule has 0 unspecified atom stereocenters. The zero-order valence-electron chi connectivity index (χ0n) is 10.6. The molecule has 0 spiro atoms. The first-order chi connectivity index (χ1) is 9.19. The normalized spacial score (nSPS) is 9.53. The van der Waals surface area contributed by atoms with Gasteiger partial charge in [-0.05, 0) is 24.9 Å². The lowest BCUT2D eigenvalue weighted by Crippen LogP contribution is -1.96. The van der Waals surface area contributed by atoms with Gasteiger partial charge in [-0.3, -0.25) is 4.98 Å². The van der Waals surface area contributed by atoms with Gasteiger partial charge < -0.3 is 0 Å². The van der Waals surface area contributed by atoms with Gasteiger partial charge in [0.15, 0.2) is 0 Å². The van der Waals surface area contributed by atoms with Crippen LogP contribution in [0.2, 0.25) is 0 Å². The van der Waals surface area contributed by atoms with Crippen molar-refractivity contribution in [2.45, 2.75) is 13.8 Å². The van der Waals surface area contributed by atoms with Crippen LogP contribution in [0.3, 0.4) is 0 Å². The van der Waals surface area contributed by atoms with E-state index in [9.17, 15) is 5.26 Å². The molecule has 2 aromatic rings. The average Bonchev–Trinajstić information content (AvgIpc) is 2.42. The molecule has 0 aliphatic heterocycles. The minimum absolute atomic E-state index is 0.413. The Morgan fingerprint density at radius 3 is 2.47 bits per heavy atom. The maximum absolute atomic E-state index is 9.32. The zero-order valence-corrected chi connectivity index (χ0v) is 10.6. The highest BCUT2D eigenvalue weighted by Crippen LogP contribution is 2.36. The van der Waals surface area contributed by atoms with Crippen molar-refractivity contribution in [2.75, 3.05) is 0 Å². The zero-order chi connectivity index (χ0) is 13.8. The average molecular weight is 249 g/mol. The summed E-state index contributed by atoms with van der Waals surface area (Å²) in [5.41, 5.74) is 12.3.